The van der Waals surface area contributed by atoms with Gasteiger partial charge in [0.05, 0.1) is 6.04 Å². The molecular formula is C8H12BrF2N. The zero-order chi connectivity index (χ0) is 9.14. The summed E-state index contributed by atoms with van der Waals surface area (Å²) in [6.45, 7) is 4.94. The molecule has 0 aromatic carbocycles. The lowest BCUT2D eigenvalue weighted by molar-refractivity contribution is 0.0524. The van der Waals surface area contributed by atoms with E-state index in [1.165, 1.54) is 0 Å². The van der Waals surface area contributed by atoms with Crippen molar-refractivity contribution >= 4 is 15.9 Å². The Hall–Kier alpha value is 0.0400. The molecule has 0 unspecified atom stereocenters. The topological polar surface area (TPSA) is 3.24 Å². The summed E-state index contributed by atoms with van der Waals surface area (Å²) in [4.78, 5) is 1.78. The van der Waals surface area contributed by atoms with Gasteiger partial charge in [0.2, 0.25) is 0 Å². The van der Waals surface area contributed by atoms with Crippen LogP contribution in [0.2, 0.25) is 0 Å². The van der Waals surface area contributed by atoms with Crippen LogP contribution in [-0.4, -0.2) is 30.5 Å². The first kappa shape index (κ1) is 10.1. The Morgan fingerprint density at radius 3 is 2.83 bits per heavy atom. The molecule has 1 fully saturated rings. The number of nitrogens with zero attached hydrogens (tertiary/aromatic N) is 1. The van der Waals surface area contributed by atoms with E-state index in [1.807, 2.05) is 0 Å². The summed E-state index contributed by atoms with van der Waals surface area (Å²) in [6.07, 6.45) is -0.743. The summed E-state index contributed by atoms with van der Waals surface area (Å²) in [6, 6.07) is -0.556. The molecule has 0 N–H and O–H groups in total. The number of hydrogen-bond acceptors (Lipinski definition) is 1. The van der Waals surface area contributed by atoms with Crippen molar-refractivity contribution in [2.24, 2.45) is 0 Å². The van der Waals surface area contributed by atoms with Gasteiger partial charge in [0.1, 0.15) is 0 Å². The van der Waals surface area contributed by atoms with Crippen molar-refractivity contribution in [1.29, 1.82) is 0 Å². The molecule has 0 saturated carbocycles. The van der Waals surface area contributed by atoms with Crippen molar-refractivity contribution in [3.63, 3.8) is 0 Å². The summed E-state index contributed by atoms with van der Waals surface area (Å²) in [5.74, 6) is 0. The van der Waals surface area contributed by atoms with Crippen LogP contribution in [0.1, 0.15) is 12.8 Å². The molecule has 4 heteroatoms. The van der Waals surface area contributed by atoms with Crippen LogP contribution >= 0.6 is 15.9 Å². The molecule has 0 bridgehead atoms. The van der Waals surface area contributed by atoms with E-state index < -0.39 is 12.5 Å². The molecular weight excluding hydrogens is 228 g/mol. The zero-order valence-corrected chi connectivity index (χ0v) is 8.36. The van der Waals surface area contributed by atoms with Gasteiger partial charge in [-0.15, -0.1) is 0 Å². The van der Waals surface area contributed by atoms with Gasteiger partial charge in [-0.3, -0.25) is 4.90 Å². The minimum Gasteiger partial charge on any atom is -0.290 e. The van der Waals surface area contributed by atoms with Crippen molar-refractivity contribution in [2.75, 3.05) is 13.1 Å². The van der Waals surface area contributed by atoms with E-state index in [0.29, 0.717) is 13.0 Å². The van der Waals surface area contributed by atoms with Gasteiger partial charge < -0.3 is 0 Å². The van der Waals surface area contributed by atoms with E-state index >= 15 is 0 Å². The summed E-state index contributed by atoms with van der Waals surface area (Å²) in [5, 5.41) is 0. The van der Waals surface area contributed by atoms with E-state index in [9.17, 15) is 8.78 Å². The average Bonchev–Trinajstić information content (AvgIpc) is 2.33. The fourth-order valence-electron chi connectivity index (χ4n) is 1.55. The van der Waals surface area contributed by atoms with Gasteiger partial charge in [-0.1, -0.05) is 22.5 Å². The maximum absolute atomic E-state index is 12.4. The molecule has 0 radical (unpaired) electrons. The third kappa shape index (κ3) is 2.52. The molecule has 1 rings (SSSR count). The third-order valence-corrected chi connectivity index (χ3v) is 2.33. The second-order valence-electron chi connectivity index (χ2n) is 3.03. The first-order valence-corrected chi connectivity index (χ1v) is 4.76. The van der Waals surface area contributed by atoms with Gasteiger partial charge in [-0.05, 0) is 19.4 Å². The molecule has 1 nitrogen and oxygen atoms in total. The van der Waals surface area contributed by atoms with Crippen molar-refractivity contribution in [3.8, 4) is 0 Å². The van der Waals surface area contributed by atoms with Gasteiger partial charge in [0, 0.05) is 11.0 Å². The highest BCUT2D eigenvalue weighted by molar-refractivity contribution is 9.11. The molecule has 70 valence electrons. The second-order valence-corrected chi connectivity index (χ2v) is 4.15. The van der Waals surface area contributed by atoms with Crippen LogP contribution in [-0.2, 0) is 0 Å². The molecule has 1 heterocycles. The fourth-order valence-corrected chi connectivity index (χ4v) is 1.88. The van der Waals surface area contributed by atoms with E-state index in [1.54, 1.807) is 4.90 Å². The quantitative estimate of drug-likeness (QED) is 0.732. The standard InChI is InChI=1S/C8H12BrF2N/c1-6(9)5-12-4-2-3-7(12)8(10)11/h7-8H,1-5H2/t7-/m1/s1. The van der Waals surface area contributed by atoms with Crippen LogP contribution in [0.3, 0.4) is 0 Å². The summed E-state index contributed by atoms with van der Waals surface area (Å²) < 4.78 is 25.5. The average molecular weight is 240 g/mol. The largest absolute Gasteiger partial charge is 0.290 e. The lowest BCUT2D eigenvalue weighted by Crippen LogP contribution is -2.35. The lowest BCUT2D eigenvalue weighted by Gasteiger charge is -2.22. The first-order valence-electron chi connectivity index (χ1n) is 3.96. The number of hydrogen-bond donors (Lipinski definition) is 0. The molecule has 0 aliphatic carbocycles. The Bertz CT molecular complexity index is 172. The molecule has 12 heavy (non-hydrogen) atoms. The molecule has 1 saturated heterocycles. The fraction of sp³-hybridized carbons (Fsp3) is 0.750. The number of likely N-dealkylation sites (tertiary alicyclic amines) is 1. The van der Waals surface area contributed by atoms with Gasteiger partial charge in [0.25, 0.3) is 6.43 Å². The van der Waals surface area contributed by atoms with Crippen molar-refractivity contribution in [1.82, 2.24) is 4.90 Å². The molecule has 1 atom stereocenters. The summed E-state index contributed by atoms with van der Waals surface area (Å²) in [5.41, 5.74) is 0. The molecule has 1 aliphatic heterocycles. The predicted octanol–water partition coefficient (Wildman–Crippen LogP) is 2.62. The van der Waals surface area contributed by atoms with Crippen molar-refractivity contribution < 1.29 is 8.78 Å². The smallest absolute Gasteiger partial charge is 0.253 e. The Kier molecular flexibility index (Phi) is 3.65. The predicted molar refractivity (Wildman–Crippen MR) is 48.7 cm³/mol. The third-order valence-electron chi connectivity index (χ3n) is 2.08. The molecule has 0 spiro atoms. The Balaban J connectivity index is 2.46. The van der Waals surface area contributed by atoms with Gasteiger partial charge in [-0.2, -0.15) is 0 Å². The van der Waals surface area contributed by atoms with Gasteiger partial charge >= 0.3 is 0 Å². The Labute approximate surface area is 79.6 Å². The molecule has 0 amide bonds. The van der Waals surface area contributed by atoms with E-state index in [-0.39, 0.29) is 0 Å². The van der Waals surface area contributed by atoms with Crippen molar-refractivity contribution in [2.45, 2.75) is 25.3 Å². The first-order chi connectivity index (χ1) is 5.61. The van der Waals surface area contributed by atoms with Crippen LogP contribution in [0.5, 0.6) is 0 Å². The zero-order valence-electron chi connectivity index (χ0n) is 6.77. The van der Waals surface area contributed by atoms with Crippen LogP contribution in [0.25, 0.3) is 0 Å². The minimum atomic E-state index is -2.22. The summed E-state index contributed by atoms with van der Waals surface area (Å²) in [7, 11) is 0. The van der Waals surface area contributed by atoms with Crippen molar-refractivity contribution in [3.05, 3.63) is 11.1 Å². The molecule has 0 aromatic rings. The maximum Gasteiger partial charge on any atom is 0.253 e. The highest BCUT2D eigenvalue weighted by atomic mass is 79.9. The van der Waals surface area contributed by atoms with Gasteiger partial charge in [-0.25, -0.2) is 8.78 Å². The normalized spacial score (nSPS) is 25.2. The Morgan fingerprint density at radius 2 is 2.33 bits per heavy atom. The maximum atomic E-state index is 12.4. The second kappa shape index (κ2) is 4.33. The molecule has 0 aromatic heterocycles. The SMILES string of the molecule is C=C(Br)CN1CCC[C@@H]1C(F)F. The highest BCUT2D eigenvalue weighted by Gasteiger charge is 2.31. The lowest BCUT2D eigenvalue weighted by atomic mass is 10.2. The van der Waals surface area contributed by atoms with E-state index in [4.69, 9.17) is 0 Å². The highest BCUT2D eigenvalue weighted by Crippen LogP contribution is 2.24. The molecule has 1 aliphatic rings. The van der Waals surface area contributed by atoms with Crippen LogP contribution in [0.4, 0.5) is 8.78 Å². The van der Waals surface area contributed by atoms with Crippen LogP contribution < -0.4 is 0 Å². The van der Waals surface area contributed by atoms with E-state index in [0.717, 1.165) is 17.4 Å². The van der Waals surface area contributed by atoms with Crippen LogP contribution in [0, 0.1) is 0 Å². The van der Waals surface area contributed by atoms with E-state index in [2.05, 4.69) is 22.5 Å². The van der Waals surface area contributed by atoms with Crippen LogP contribution in [0.15, 0.2) is 11.1 Å². The van der Waals surface area contributed by atoms with Gasteiger partial charge in [0.15, 0.2) is 0 Å². The minimum absolute atomic E-state index is 0.537. The number of alkyl halides is 2. The monoisotopic (exact) mass is 239 g/mol. The Morgan fingerprint density at radius 1 is 1.67 bits per heavy atom. The number of halogens is 3. The summed E-state index contributed by atoms with van der Waals surface area (Å²) >= 11 is 3.18. The number of rotatable bonds is 3.